The molecule has 2 rings (SSSR count). The molecule has 2 N–H and O–H groups in total. The van der Waals surface area contributed by atoms with Crippen molar-refractivity contribution in [1.29, 1.82) is 0 Å². The first-order valence-electron chi connectivity index (χ1n) is 8.12. The van der Waals surface area contributed by atoms with Gasteiger partial charge in [0.05, 0.1) is 25.9 Å². The SMILES string of the molecule is CCCCOc1ccccc1NCC(=O)Nc1cccc(OC)c1. The molecular formula is C19H24N2O3. The summed E-state index contributed by atoms with van der Waals surface area (Å²) in [6.45, 7) is 2.95. The van der Waals surface area contributed by atoms with E-state index in [2.05, 4.69) is 17.6 Å². The number of para-hydroxylation sites is 2. The number of benzene rings is 2. The van der Waals surface area contributed by atoms with E-state index in [9.17, 15) is 4.79 Å². The van der Waals surface area contributed by atoms with Crippen LogP contribution in [0, 0.1) is 0 Å². The first-order chi connectivity index (χ1) is 11.7. The zero-order valence-electron chi connectivity index (χ0n) is 14.2. The highest BCUT2D eigenvalue weighted by Crippen LogP contribution is 2.24. The standard InChI is InChI=1S/C19H24N2O3/c1-3-4-12-24-18-11-6-5-10-17(18)20-14-19(22)21-15-8-7-9-16(13-15)23-2/h5-11,13,20H,3-4,12,14H2,1-2H3,(H,21,22). The summed E-state index contributed by atoms with van der Waals surface area (Å²) in [5.74, 6) is 1.34. The Morgan fingerprint density at radius 2 is 1.96 bits per heavy atom. The normalized spacial score (nSPS) is 10.1. The fourth-order valence-corrected chi connectivity index (χ4v) is 2.15. The third-order valence-electron chi connectivity index (χ3n) is 3.44. The van der Waals surface area contributed by atoms with Crippen LogP contribution in [0.15, 0.2) is 48.5 Å². The van der Waals surface area contributed by atoms with Crippen LogP contribution in [-0.2, 0) is 4.79 Å². The summed E-state index contributed by atoms with van der Waals surface area (Å²) in [5.41, 5.74) is 1.52. The minimum absolute atomic E-state index is 0.133. The average molecular weight is 328 g/mol. The van der Waals surface area contributed by atoms with E-state index in [0.29, 0.717) is 18.0 Å². The van der Waals surface area contributed by atoms with Crippen molar-refractivity contribution in [3.8, 4) is 11.5 Å². The predicted octanol–water partition coefficient (Wildman–Crippen LogP) is 3.92. The van der Waals surface area contributed by atoms with Crippen LogP contribution in [0.4, 0.5) is 11.4 Å². The van der Waals surface area contributed by atoms with E-state index >= 15 is 0 Å². The fourth-order valence-electron chi connectivity index (χ4n) is 2.15. The Morgan fingerprint density at radius 3 is 2.75 bits per heavy atom. The highest BCUT2D eigenvalue weighted by Gasteiger charge is 2.06. The summed E-state index contributed by atoms with van der Waals surface area (Å²) in [4.78, 5) is 12.1. The van der Waals surface area contributed by atoms with Gasteiger partial charge in [0, 0.05) is 11.8 Å². The molecule has 0 aromatic heterocycles. The number of nitrogens with one attached hydrogen (secondary N) is 2. The number of unbranched alkanes of at least 4 members (excludes halogenated alkanes) is 1. The zero-order valence-corrected chi connectivity index (χ0v) is 14.2. The van der Waals surface area contributed by atoms with E-state index in [1.165, 1.54) is 0 Å². The number of carbonyl (C=O) groups excluding carboxylic acids is 1. The van der Waals surface area contributed by atoms with E-state index in [1.807, 2.05) is 42.5 Å². The second-order valence-electron chi connectivity index (χ2n) is 5.33. The van der Waals surface area contributed by atoms with Gasteiger partial charge in [0.25, 0.3) is 0 Å². The van der Waals surface area contributed by atoms with Crippen molar-refractivity contribution in [3.05, 3.63) is 48.5 Å². The number of amides is 1. The first kappa shape index (κ1) is 17.7. The molecule has 0 saturated carbocycles. The Kier molecular flexibility index (Phi) is 6.95. The largest absolute Gasteiger partial charge is 0.497 e. The first-order valence-corrected chi connectivity index (χ1v) is 8.12. The molecule has 1 amide bonds. The van der Waals surface area contributed by atoms with Crippen molar-refractivity contribution < 1.29 is 14.3 Å². The third-order valence-corrected chi connectivity index (χ3v) is 3.44. The number of ether oxygens (including phenoxy) is 2. The van der Waals surface area contributed by atoms with E-state index in [0.717, 1.165) is 24.3 Å². The molecular weight excluding hydrogens is 304 g/mol. The van der Waals surface area contributed by atoms with Gasteiger partial charge in [0.1, 0.15) is 11.5 Å². The molecule has 0 fully saturated rings. The maximum Gasteiger partial charge on any atom is 0.243 e. The highest BCUT2D eigenvalue weighted by molar-refractivity contribution is 5.94. The van der Waals surface area contributed by atoms with Crippen LogP contribution in [0.1, 0.15) is 19.8 Å². The summed E-state index contributed by atoms with van der Waals surface area (Å²) in [7, 11) is 1.60. The van der Waals surface area contributed by atoms with Gasteiger partial charge in [-0.25, -0.2) is 0 Å². The van der Waals surface area contributed by atoms with E-state index < -0.39 is 0 Å². The topological polar surface area (TPSA) is 59.6 Å². The number of hydrogen-bond acceptors (Lipinski definition) is 4. The minimum atomic E-state index is -0.133. The van der Waals surface area contributed by atoms with Gasteiger partial charge in [-0.15, -0.1) is 0 Å². The van der Waals surface area contributed by atoms with Crippen LogP contribution in [0.3, 0.4) is 0 Å². The van der Waals surface area contributed by atoms with E-state index in [-0.39, 0.29) is 12.5 Å². The summed E-state index contributed by atoms with van der Waals surface area (Å²) >= 11 is 0. The smallest absolute Gasteiger partial charge is 0.243 e. The lowest BCUT2D eigenvalue weighted by Crippen LogP contribution is -2.22. The Balaban J connectivity index is 1.89. The molecule has 0 radical (unpaired) electrons. The number of methoxy groups -OCH3 is 1. The molecule has 0 atom stereocenters. The number of anilines is 2. The lowest BCUT2D eigenvalue weighted by Gasteiger charge is -2.13. The van der Waals surface area contributed by atoms with Gasteiger partial charge >= 0.3 is 0 Å². The zero-order chi connectivity index (χ0) is 17.2. The van der Waals surface area contributed by atoms with Gasteiger partial charge < -0.3 is 20.1 Å². The molecule has 0 spiro atoms. The molecule has 0 aliphatic carbocycles. The van der Waals surface area contributed by atoms with Crippen LogP contribution < -0.4 is 20.1 Å². The van der Waals surface area contributed by atoms with Gasteiger partial charge in [0.15, 0.2) is 0 Å². The Hall–Kier alpha value is -2.69. The van der Waals surface area contributed by atoms with E-state index in [1.54, 1.807) is 13.2 Å². The molecule has 2 aromatic rings. The highest BCUT2D eigenvalue weighted by atomic mass is 16.5. The van der Waals surface area contributed by atoms with Gasteiger partial charge in [-0.1, -0.05) is 31.5 Å². The second kappa shape index (κ2) is 9.45. The van der Waals surface area contributed by atoms with Crippen molar-refractivity contribution in [2.45, 2.75) is 19.8 Å². The summed E-state index contributed by atoms with van der Waals surface area (Å²) in [6.07, 6.45) is 2.09. The van der Waals surface area contributed by atoms with Crippen molar-refractivity contribution in [3.63, 3.8) is 0 Å². The molecule has 0 saturated heterocycles. The molecule has 0 aliphatic rings. The molecule has 0 heterocycles. The quantitative estimate of drug-likeness (QED) is 0.685. The summed E-state index contributed by atoms with van der Waals surface area (Å²) < 4.78 is 10.9. The van der Waals surface area contributed by atoms with Gasteiger partial charge in [-0.3, -0.25) is 4.79 Å². The minimum Gasteiger partial charge on any atom is -0.497 e. The molecule has 24 heavy (non-hydrogen) atoms. The van der Waals surface area contributed by atoms with Crippen LogP contribution in [-0.4, -0.2) is 26.2 Å². The van der Waals surface area contributed by atoms with Crippen molar-refractivity contribution in [1.82, 2.24) is 0 Å². The number of rotatable bonds is 9. The lowest BCUT2D eigenvalue weighted by atomic mass is 10.2. The molecule has 0 unspecified atom stereocenters. The third kappa shape index (κ3) is 5.50. The lowest BCUT2D eigenvalue weighted by molar-refractivity contribution is -0.114. The predicted molar refractivity (Wildman–Crippen MR) is 97.0 cm³/mol. The second-order valence-corrected chi connectivity index (χ2v) is 5.33. The van der Waals surface area contributed by atoms with Gasteiger partial charge in [0.2, 0.25) is 5.91 Å². The Labute approximate surface area is 143 Å². The van der Waals surface area contributed by atoms with Crippen molar-refractivity contribution in [2.75, 3.05) is 30.9 Å². The van der Waals surface area contributed by atoms with Crippen LogP contribution in [0.25, 0.3) is 0 Å². The van der Waals surface area contributed by atoms with Crippen molar-refractivity contribution in [2.24, 2.45) is 0 Å². The van der Waals surface area contributed by atoms with Gasteiger partial charge in [-0.2, -0.15) is 0 Å². The van der Waals surface area contributed by atoms with Crippen LogP contribution in [0.2, 0.25) is 0 Å². The number of carbonyl (C=O) groups is 1. The molecule has 5 heteroatoms. The summed E-state index contributed by atoms with van der Waals surface area (Å²) in [5, 5.41) is 5.96. The van der Waals surface area contributed by atoms with Crippen molar-refractivity contribution >= 4 is 17.3 Å². The maximum atomic E-state index is 12.1. The molecule has 5 nitrogen and oxygen atoms in total. The molecule has 0 bridgehead atoms. The van der Waals surface area contributed by atoms with Gasteiger partial charge in [-0.05, 0) is 30.7 Å². The van der Waals surface area contributed by atoms with Crippen LogP contribution >= 0.6 is 0 Å². The molecule has 2 aromatic carbocycles. The molecule has 128 valence electrons. The monoisotopic (exact) mass is 328 g/mol. The Bertz CT molecular complexity index is 659. The summed E-state index contributed by atoms with van der Waals surface area (Å²) in [6, 6.07) is 14.9. The van der Waals surface area contributed by atoms with Crippen LogP contribution in [0.5, 0.6) is 11.5 Å². The Morgan fingerprint density at radius 1 is 1.12 bits per heavy atom. The van der Waals surface area contributed by atoms with E-state index in [4.69, 9.17) is 9.47 Å². The average Bonchev–Trinajstić information content (AvgIpc) is 2.61. The fraction of sp³-hybridized carbons (Fsp3) is 0.316. The number of hydrogen-bond donors (Lipinski definition) is 2. The molecule has 0 aliphatic heterocycles. The maximum absolute atomic E-state index is 12.1.